The first kappa shape index (κ1) is 22.6. The van der Waals surface area contributed by atoms with E-state index in [9.17, 15) is 14.0 Å². The summed E-state index contributed by atoms with van der Waals surface area (Å²) in [5, 5.41) is 16.3. The zero-order chi connectivity index (χ0) is 22.9. The van der Waals surface area contributed by atoms with Crippen molar-refractivity contribution in [2.45, 2.75) is 12.5 Å². The third-order valence-corrected chi connectivity index (χ3v) is 4.55. The number of likely N-dealkylation sites (N-methyl/N-ethyl adjacent to an activating group) is 1. The van der Waals surface area contributed by atoms with Crippen LogP contribution in [0.25, 0.3) is 11.1 Å². The molecule has 0 saturated carbocycles. The van der Waals surface area contributed by atoms with E-state index in [0.717, 1.165) is 5.56 Å². The third kappa shape index (κ3) is 6.21. The molecule has 0 bridgehead atoms. The number of benzene rings is 2. The number of ether oxygens (including phenoxy) is 1. The lowest BCUT2D eigenvalue weighted by atomic mass is 10.1. The van der Waals surface area contributed by atoms with E-state index in [-0.39, 0.29) is 30.6 Å². The van der Waals surface area contributed by atoms with Crippen LogP contribution in [0.4, 0.5) is 15.2 Å². The van der Waals surface area contributed by atoms with Gasteiger partial charge in [0.15, 0.2) is 5.58 Å². The summed E-state index contributed by atoms with van der Waals surface area (Å²) in [7, 11) is 1.56. The van der Waals surface area contributed by atoms with Crippen molar-refractivity contribution in [1.29, 1.82) is 0 Å². The molecule has 1 aromatic heterocycles. The molecule has 1 heterocycles. The molecule has 3 rings (SSSR count). The van der Waals surface area contributed by atoms with Gasteiger partial charge in [-0.25, -0.2) is 9.18 Å². The highest BCUT2D eigenvalue weighted by molar-refractivity contribution is 5.84. The molecule has 1 atom stereocenters. The van der Waals surface area contributed by atoms with Crippen LogP contribution in [0.5, 0.6) is 5.75 Å². The van der Waals surface area contributed by atoms with Gasteiger partial charge in [0.25, 0.3) is 6.01 Å². The van der Waals surface area contributed by atoms with Gasteiger partial charge >= 0.3 is 6.09 Å². The summed E-state index contributed by atoms with van der Waals surface area (Å²) in [6.45, 7) is -0.329. The Labute approximate surface area is 183 Å². The largest absolute Gasteiger partial charge is 0.489 e. The van der Waals surface area contributed by atoms with E-state index in [1.54, 1.807) is 25.2 Å². The van der Waals surface area contributed by atoms with Gasteiger partial charge in [0.1, 0.15) is 23.9 Å². The zero-order valence-corrected chi connectivity index (χ0v) is 17.3. The Kier molecular flexibility index (Phi) is 7.63. The minimum atomic E-state index is -1.25. The molecular weight excluding hydrogens is 419 g/mol. The van der Waals surface area contributed by atoms with E-state index in [4.69, 9.17) is 14.3 Å². The molecule has 0 aliphatic heterocycles. The van der Waals surface area contributed by atoms with E-state index < -0.39 is 12.1 Å². The van der Waals surface area contributed by atoms with Crippen LogP contribution < -0.4 is 20.7 Å². The number of carboxylic acid groups (broad SMARTS) is 1. The van der Waals surface area contributed by atoms with Gasteiger partial charge in [-0.1, -0.05) is 30.3 Å². The van der Waals surface area contributed by atoms with Crippen LogP contribution in [-0.2, 0) is 11.2 Å². The summed E-state index contributed by atoms with van der Waals surface area (Å²) in [5.41, 5.74) is 2.06. The Morgan fingerprint density at radius 2 is 2.03 bits per heavy atom. The lowest BCUT2D eigenvalue weighted by molar-refractivity contribution is -0.121. The molecule has 0 aliphatic rings. The fourth-order valence-electron chi connectivity index (χ4n) is 2.93. The molecule has 32 heavy (non-hydrogen) atoms. The van der Waals surface area contributed by atoms with Crippen LogP contribution in [0.1, 0.15) is 5.56 Å². The molecule has 0 spiro atoms. The third-order valence-electron chi connectivity index (χ3n) is 4.55. The fourth-order valence-corrected chi connectivity index (χ4v) is 2.93. The second-order valence-corrected chi connectivity index (χ2v) is 6.86. The van der Waals surface area contributed by atoms with E-state index >= 15 is 0 Å². The predicted octanol–water partition coefficient (Wildman–Crippen LogP) is 3.10. The summed E-state index contributed by atoms with van der Waals surface area (Å²) < 4.78 is 24.1. The summed E-state index contributed by atoms with van der Waals surface area (Å²) >= 11 is 0. The van der Waals surface area contributed by atoms with Crippen LogP contribution in [0, 0.1) is 0 Å². The second kappa shape index (κ2) is 10.8. The van der Waals surface area contributed by atoms with Crippen LogP contribution >= 0.6 is 0 Å². The first-order chi connectivity index (χ1) is 15.5. The minimum absolute atomic E-state index is 0.127. The Bertz CT molecular complexity index is 1100. The number of carbonyl (C=O) groups is 2. The van der Waals surface area contributed by atoms with Gasteiger partial charge in [-0.15, -0.1) is 0 Å². The summed E-state index contributed by atoms with van der Waals surface area (Å²) in [6.07, 6.45) is -0.512. The molecule has 3 aromatic rings. The average Bonchev–Trinajstić information content (AvgIpc) is 3.20. The molecule has 0 radical (unpaired) electrons. The molecule has 2 aromatic carbocycles. The summed E-state index contributed by atoms with van der Waals surface area (Å²) in [5.74, 6) is 0.183. The van der Waals surface area contributed by atoms with Gasteiger partial charge in [0.05, 0.1) is 6.33 Å². The number of aromatic nitrogens is 1. The number of hydrogen-bond acceptors (Lipinski definition) is 6. The molecule has 1 unspecified atom stereocenters. The second-order valence-electron chi connectivity index (χ2n) is 6.86. The van der Waals surface area contributed by atoms with Crippen LogP contribution in [0.2, 0.25) is 0 Å². The van der Waals surface area contributed by atoms with Crippen molar-refractivity contribution >= 4 is 29.1 Å². The highest BCUT2D eigenvalue weighted by Gasteiger charge is 2.20. The maximum atomic E-state index is 12.9. The van der Waals surface area contributed by atoms with E-state index in [0.29, 0.717) is 29.6 Å². The number of nitrogens with one attached hydrogen (secondary N) is 3. The zero-order valence-electron chi connectivity index (χ0n) is 17.3. The number of carbonyl (C=O) groups excluding carboxylic acids is 1. The van der Waals surface area contributed by atoms with Gasteiger partial charge in [0.2, 0.25) is 5.91 Å². The fraction of sp³-hybridized carbons (Fsp3) is 0.227. The van der Waals surface area contributed by atoms with Crippen molar-refractivity contribution in [3.05, 3.63) is 66.0 Å². The van der Waals surface area contributed by atoms with Crippen LogP contribution in [-0.4, -0.2) is 48.3 Å². The molecule has 2 amide bonds. The number of anilines is 1. The van der Waals surface area contributed by atoms with Crippen LogP contribution in [0.3, 0.4) is 0 Å². The summed E-state index contributed by atoms with van der Waals surface area (Å²) in [6, 6.07) is 14.0. The number of oxazole rings is 1. The van der Waals surface area contributed by atoms with Gasteiger partial charge in [-0.05, 0) is 17.7 Å². The molecule has 0 fully saturated rings. The van der Waals surface area contributed by atoms with Crippen molar-refractivity contribution in [3.63, 3.8) is 0 Å². The Balaban J connectivity index is 1.69. The monoisotopic (exact) mass is 442 g/mol. The number of rotatable bonds is 10. The number of nitrogens with zero attached hydrogens (tertiary/aromatic N) is 1. The first-order valence-corrected chi connectivity index (χ1v) is 9.79. The molecule has 168 valence electrons. The standard InChI is InChI=1S/C22H23FN4O5/c1-24-20(28)18(9-14-5-3-2-4-6-14)27-21-26-17-8-7-16(10-19(17)32-21)31-13-15(11-23)12-25-22(29)30/h2-8,10-11,18,25H,9,12-13H2,1H3,(H,24,28)(H,26,27)(H,29,30)/b15-11-. The van der Waals surface area contributed by atoms with Crippen molar-refractivity contribution in [2.75, 3.05) is 25.5 Å². The maximum absolute atomic E-state index is 12.9. The smallest absolute Gasteiger partial charge is 0.404 e. The SMILES string of the molecule is CNC(=O)C(Cc1ccccc1)Nc1nc2ccc(OC/C(=C\F)CNC(=O)O)cc2o1. The van der Waals surface area contributed by atoms with Gasteiger partial charge in [-0.2, -0.15) is 4.98 Å². The Hall–Kier alpha value is -4.08. The number of amides is 2. The molecule has 10 heteroatoms. The molecule has 0 aliphatic carbocycles. The normalized spacial score (nSPS) is 12.2. The summed E-state index contributed by atoms with van der Waals surface area (Å²) in [4.78, 5) is 27.2. The van der Waals surface area contributed by atoms with E-state index in [1.165, 1.54) is 0 Å². The molecule has 0 saturated heterocycles. The van der Waals surface area contributed by atoms with Gasteiger partial charge in [0, 0.05) is 31.7 Å². The molecule has 4 N–H and O–H groups in total. The van der Waals surface area contributed by atoms with Crippen molar-refractivity contribution < 1.29 is 28.2 Å². The number of fused-ring (bicyclic) bond motifs is 1. The molecular formula is C22H23FN4O5. The number of hydrogen-bond donors (Lipinski definition) is 4. The minimum Gasteiger partial charge on any atom is -0.489 e. The number of halogens is 1. The van der Waals surface area contributed by atoms with Crippen LogP contribution in [0.15, 0.2) is 64.9 Å². The van der Waals surface area contributed by atoms with Crippen molar-refractivity contribution in [3.8, 4) is 5.75 Å². The lowest BCUT2D eigenvalue weighted by Crippen LogP contribution is -2.39. The quantitative estimate of drug-likeness (QED) is 0.380. The predicted molar refractivity (Wildman–Crippen MR) is 116 cm³/mol. The topological polar surface area (TPSA) is 126 Å². The Morgan fingerprint density at radius 3 is 2.72 bits per heavy atom. The average molecular weight is 442 g/mol. The van der Waals surface area contributed by atoms with Crippen molar-refractivity contribution in [2.24, 2.45) is 0 Å². The van der Waals surface area contributed by atoms with Gasteiger partial charge < -0.3 is 30.2 Å². The lowest BCUT2D eigenvalue weighted by Gasteiger charge is -2.15. The van der Waals surface area contributed by atoms with E-state index in [2.05, 4.69) is 20.9 Å². The molecule has 9 nitrogen and oxygen atoms in total. The van der Waals surface area contributed by atoms with Gasteiger partial charge in [-0.3, -0.25) is 4.79 Å². The Morgan fingerprint density at radius 1 is 1.25 bits per heavy atom. The highest BCUT2D eigenvalue weighted by atomic mass is 19.1. The first-order valence-electron chi connectivity index (χ1n) is 9.79. The van der Waals surface area contributed by atoms with Crippen molar-refractivity contribution in [1.82, 2.24) is 15.6 Å². The van der Waals surface area contributed by atoms with E-state index in [1.807, 2.05) is 30.3 Å². The highest BCUT2D eigenvalue weighted by Crippen LogP contribution is 2.25. The maximum Gasteiger partial charge on any atom is 0.404 e.